The zero-order chi connectivity index (χ0) is 25.3. The predicted octanol–water partition coefficient (Wildman–Crippen LogP) is 4.46. The zero-order valence-electron chi connectivity index (χ0n) is 21.0. The third kappa shape index (κ3) is 8.75. The fourth-order valence-corrected chi connectivity index (χ4v) is 3.28. The topological polar surface area (TPSA) is 87.7 Å². The molecule has 0 saturated carbocycles. The highest BCUT2D eigenvalue weighted by atomic mass is 16.6. The van der Waals surface area contributed by atoms with Crippen LogP contribution in [0.5, 0.6) is 0 Å². The summed E-state index contributed by atoms with van der Waals surface area (Å²) >= 11 is 0. The Bertz CT molecular complexity index is 855. The summed E-state index contributed by atoms with van der Waals surface area (Å²) in [4.78, 5) is 40.9. The SMILES string of the molecule is C=CCN(C(=O)C(NC(=O)OC(C)(C)C)C(C)C)C(C(=O)NC(C)C)c1cccc(C=C)c1. The Morgan fingerprint density at radius 1 is 1.09 bits per heavy atom. The number of carbonyl (C=O) groups excluding carboxylic acids is 3. The third-order valence-corrected chi connectivity index (χ3v) is 4.67. The minimum Gasteiger partial charge on any atom is -0.444 e. The van der Waals surface area contributed by atoms with Crippen LogP contribution in [0.3, 0.4) is 0 Å². The average Bonchev–Trinajstić information content (AvgIpc) is 2.69. The van der Waals surface area contributed by atoms with Crippen LogP contribution in [-0.2, 0) is 14.3 Å². The van der Waals surface area contributed by atoms with Crippen molar-refractivity contribution in [2.75, 3.05) is 6.54 Å². The van der Waals surface area contributed by atoms with Crippen LogP contribution in [-0.4, -0.2) is 47.0 Å². The molecule has 0 radical (unpaired) electrons. The summed E-state index contributed by atoms with van der Waals surface area (Å²) in [6.45, 7) is 20.3. The van der Waals surface area contributed by atoms with Gasteiger partial charge in [-0.25, -0.2) is 4.79 Å². The first-order valence-electron chi connectivity index (χ1n) is 11.2. The zero-order valence-corrected chi connectivity index (χ0v) is 21.0. The van der Waals surface area contributed by atoms with Crippen LogP contribution in [0.1, 0.15) is 65.6 Å². The molecule has 1 rings (SSSR count). The van der Waals surface area contributed by atoms with E-state index in [-0.39, 0.29) is 24.4 Å². The molecule has 2 N–H and O–H groups in total. The maximum atomic E-state index is 13.7. The summed E-state index contributed by atoms with van der Waals surface area (Å²) in [6.07, 6.45) is 2.56. The highest BCUT2D eigenvalue weighted by Crippen LogP contribution is 2.25. The Morgan fingerprint density at radius 3 is 2.21 bits per heavy atom. The quantitative estimate of drug-likeness (QED) is 0.508. The Labute approximate surface area is 198 Å². The molecular weight excluding hydrogens is 418 g/mol. The van der Waals surface area contributed by atoms with Crippen molar-refractivity contribution in [3.05, 3.63) is 54.6 Å². The van der Waals surface area contributed by atoms with Gasteiger partial charge in [0, 0.05) is 12.6 Å². The van der Waals surface area contributed by atoms with Gasteiger partial charge in [0.2, 0.25) is 11.8 Å². The maximum Gasteiger partial charge on any atom is 0.408 e. The molecule has 7 nitrogen and oxygen atoms in total. The molecule has 0 spiro atoms. The molecule has 1 aromatic rings. The van der Waals surface area contributed by atoms with Crippen molar-refractivity contribution in [3.8, 4) is 0 Å². The second kappa shape index (κ2) is 12.2. The molecular formula is C26H39N3O4. The Hall–Kier alpha value is -3.09. The van der Waals surface area contributed by atoms with E-state index in [1.54, 1.807) is 39.0 Å². The second-order valence-electron chi connectivity index (χ2n) is 9.59. The fourth-order valence-electron chi connectivity index (χ4n) is 3.28. The number of alkyl carbamates (subject to hydrolysis) is 1. The largest absolute Gasteiger partial charge is 0.444 e. The van der Waals surface area contributed by atoms with Crippen LogP contribution >= 0.6 is 0 Å². The first-order chi connectivity index (χ1) is 15.3. The molecule has 0 aliphatic carbocycles. The number of amides is 3. The normalized spacial score (nSPS) is 13.1. The average molecular weight is 458 g/mol. The smallest absolute Gasteiger partial charge is 0.408 e. The summed E-state index contributed by atoms with van der Waals surface area (Å²) in [5.41, 5.74) is 0.758. The molecule has 0 aliphatic heterocycles. The van der Waals surface area contributed by atoms with Gasteiger partial charge in [0.25, 0.3) is 0 Å². The van der Waals surface area contributed by atoms with E-state index in [9.17, 15) is 14.4 Å². The molecule has 1 aromatic carbocycles. The summed E-state index contributed by atoms with van der Waals surface area (Å²) in [5, 5.41) is 5.59. The Kier molecular flexibility index (Phi) is 10.4. The van der Waals surface area contributed by atoms with Gasteiger partial charge in [-0.05, 0) is 57.7 Å². The first-order valence-corrected chi connectivity index (χ1v) is 11.2. The predicted molar refractivity (Wildman–Crippen MR) is 132 cm³/mol. The van der Waals surface area contributed by atoms with Gasteiger partial charge in [-0.2, -0.15) is 0 Å². The van der Waals surface area contributed by atoms with E-state index in [1.807, 2.05) is 45.9 Å². The molecule has 0 aliphatic rings. The van der Waals surface area contributed by atoms with Crippen molar-refractivity contribution in [1.29, 1.82) is 0 Å². The van der Waals surface area contributed by atoms with E-state index < -0.39 is 29.7 Å². The molecule has 3 amide bonds. The Morgan fingerprint density at radius 2 is 1.73 bits per heavy atom. The molecule has 182 valence electrons. The van der Waals surface area contributed by atoms with Crippen molar-refractivity contribution in [1.82, 2.24) is 15.5 Å². The van der Waals surface area contributed by atoms with Gasteiger partial charge in [-0.3, -0.25) is 9.59 Å². The highest BCUT2D eigenvalue weighted by molar-refractivity contribution is 5.92. The summed E-state index contributed by atoms with van der Waals surface area (Å²) < 4.78 is 5.35. The van der Waals surface area contributed by atoms with Crippen LogP contribution < -0.4 is 10.6 Å². The maximum absolute atomic E-state index is 13.7. The number of hydrogen-bond donors (Lipinski definition) is 2. The van der Waals surface area contributed by atoms with Crippen molar-refractivity contribution in [2.45, 2.75) is 72.2 Å². The molecule has 0 heterocycles. The van der Waals surface area contributed by atoms with Crippen LogP contribution in [0, 0.1) is 5.92 Å². The molecule has 0 saturated heterocycles. The van der Waals surface area contributed by atoms with Gasteiger partial charge in [0.1, 0.15) is 17.7 Å². The molecule has 2 atom stereocenters. The summed E-state index contributed by atoms with van der Waals surface area (Å²) in [5.74, 6) is -0.962. The van der Waals surface area contributed by atoms with Crippen molar-refractivity contribution in [3.63, 3.8) is 0 Å². The van der Waals surface area contributed by atoms with E-state index in [4.69, 9.17) is 4.74 Å². The van der Waals surface area contributed by atoms with Gasteiger partial charge >= 0.3 is 6.09 Å². The lowest BCUT2D eigenvalue weighted by Gasteiger charge is -2.35. The third-order valence-electron chi connectivity index (χ3n) is 4.67. The first kappa shape index (κ1) is 27.9. The number of hydrogen-bond acceptors (Lipinski definition) is 4. The Balaban J connectivity index is 3.45. The van der Waals surface area contributed by atoms with Crippen LogP contribution in [0.2, 0.25) is 0 Å². The van der Waals surface area contributed by atoms with E-state index in [2.05, 4.69) is 23.8 Å². The second-order valence-corrected chi connectivity index (χ2v) is 9.59. The number of nitrogens with one attached hydrogen (secondary N) is 2. The van der Waals surface area contributed by atoms with Gasteiger partial charge in [-0.1, -0.05) is 50.8 Å². The van der Waals surface area contributed by atoms with Crippen molar-refractivity contribution in [2.24, 2.45) is 5.92 Å². The number of rotatable bonds is 10. The molecule has 2 unspecified atom stereocenters. The van der Waals surface area contributed by atoms with Crippen molar-refractivity contribution < 1.29 is 19.1 Å². The van der Waals surface area contributed by atoms with Gasteiger partial charge in [-0.15, -0.1) is 6.58 Å². The van der Waals surface area contributed by atoms with Crippen LogP contribution in [0.25, 0.3) is 6.08 Å². The molecule has 33 heavy (non-hydrogen) atoms. The highest BCUT2D eigenvalue weighted by Gasteiger charge is 2.37. The van der Waals surface area contributed by atoms with Gasteiger partial charge < -0.3 is 20.3 Å². The van der Waals surface area contributed by atoms with E-state index in [1.165, 1.54) is 4.90 Å². The van der Waals surface area contributed by atoms with Crippen LogP contribution in [0.15, 0.2) is 43.5 Å². The number of ether oxygens (including phenoxy) is 1. The lowest BCUT2D eigenvalue weighted by Crippen LogP contribution is -2.55. The number of benzene rings is 1. The summed E-state index contributed by atoms with van der Waals surface area (Å²) in [7, 11) is 0. The van der Waals surface area contributed by atoms with Gasteiger partial charge in [0.05, 0.1) is 0 Å². The lowest BCUT2D eigenvalue weighted by atomic mass is 9.97. The fraction of sp³-hybridized carbons (Fsp3) is 0.500. The standard InChI is InChI=1S/C26H39N3O4/c1-10-15-29(24(31)21(17(3)4)28-25(32)33-26(7,8)9)22(23(30)27-18(5)6)20-14-12-13-19(11-2)16-20/h10-14,16-18,21-22H,1-2,15H2,3-9H3,(H,27,30)(H,28,32). The van der Waals surface area contributed by atoms with Crippen LogP contribution in [0.4, 0.5) is 4.79 Å². The molecule has 0 fully saturated rings. The van der Waals surface area contributed by atoms with E-state index >= 15 is 0 Å². The van der Waals surface area contributed by atoms with E-state index in [0.717, 1.165) is 5.56 Å². The molecule has 0 aromatic heterocycles. The van der Waals surface area contributed by atoms with E-state index in [0.29, 0.717) is 5.56 Å². The lowest BCUT2D eigenvalue weighted by molar-refractivity contribution is -0.142. The van der Waals surface area contributed by atoms with Crippen molar-refractivity contribution >= 4 is 24.0 Å². The van der Waals surface area contributed by atoms with Gasteiger partial charge in [0.15, 0.2) is 0 Å². The molecule has 7 heteroatoms. The monoisotopic (exact) mass is 457 g/mol. The number of nitrogens with zero attached hydrogens (tertiary/aromatic N) is 1. The molecule has 0 bridgehead atoms. The minimum atomic E-state index is -0.917. The summed E-state index contributed by atoms with van der Waals surface area (Å²) in [6, 6.07) is 5.38. The number of carbonyl (C=O) groups is 3. The minimum absolute atomic E-state index is 0.118.